The van der Waals surface area contributed by atoms with Crippen LogP contribution >= 0.6 is 11.8 Å². The van der Waals surface area contributed by atoms with Crippen molar-refractivity contribution in [1.82, 2.24) is 5.32 Å². The standard InChI is InChI=1S/C12H19NO2S/c1-16-8-11-5-4-10(15-11)6-13-7-12(14)9-2-3-9/h4-5,9,12-14H,2-3,6-8H2,1H3. The minimum Gasteiger partial charge on any atom is -0.464 e. The molecule has 16 heavy (non-hydrogen) atoms. The van der Waals surface area contributed by atoms with E-state index < -0.39 is 0 Å². The van der Waals surface area contributed by atoms with E-state index in [9.17, 15) is 5.11 Å². The quantitative estimate of drug-likeness (QED) is 0.766. The van der Waals surface area contributed by atoms with E-state index in [0.29, 0.717) is 19.0 Å². The zero-order valence-electron chi connectivity index (χ0n) is 9.61. The number of rotatable bonds is 7. The summed E-state index contributed by atoms with van der Waals surface area (Å²) in [5.41, 5.74) is 0. The van der Waals surface area contributed by atoms with Crippen molar-refractivity contribution in [3.05, 3.63) is 23.7 Å². The van der Waals surface area contributed by atoms with Crippen LogP contribution in [0.2, 0.25) is 0 Å². The number of thioether (sulfide) groups is 1. The summed E-state index contributed by atoms with van der Waals surface area (Å²) >= 11 is 1.75. The molecule has 3 nitrogen and oxygen atoms in total. The van der Waals surface area contributed by atoms with Gasteiger partial charge in [-0.05, 0) is 37.1 Å². The normalized spacial score (nSPS) is 17.6. The fourth-order valence-corrected chi connectivity index (χ4v) is 2.17. The maximum absolute atomic E-state index is 9.66. The predicted octanol–water partition coefficient (Wildman–Crippen LogP) is 2.00. The lowest BCUT2D eigenvalue weighted by molar-refractivity contribution is 0.147. The molecule has 0 aromatic carbocycles. The van der Waals surface area contributed by atoms with Gasteiger partial charge in [0.15, 0.2) is 0 Å². The molecule has 1 fully saturated rings. The van der Waals surface area contributed by atoms with Gasteiger partial charge in [0.25, 0.3) is 0 Å². The molecule has 1 heterocycles. The van der Waals surface area contributed by atoms with E-state index in [0.717, 1.165) is 17.3 Å². The molecule has 0 spiro atoms. The van der Waals surface area contributed by atoms with E-state index in [1.165, 1.54) is 12.8 Å². The minimum atomic E-state index is -0.180. The summed E-state index contributed by atoms with van der Waals surface area (Å²) in [7, 11) is 0. The van der Waals surface area contributed by atoms with E-state index in [-0.39, 0.29) is 6.10 Å². The summed E-state index contributed by atoms with van der Waals surface area (Å²) in [6.45, 7) is 1.38. The number of hydrogen-bond acceptors (Lipinski definition) is 4. The van der Waals surface area contributed by atoms with Crippen LogP contribution in [0.5, 0.6) is 0 Å². The van der Waals surface area contributed by atoms with Gasteiger partial charge in [-0.3, -0.25) is 0 Å². The summed E-state index contributed by atoms with van der Waals surface area (Å²) in [6, 6.07) is 4.02. The highest BCUT2D eigenvalue weighted by molar-refractivity contribution is 7.97. The topological polar surface area (TPSA) is 45.4 Å². The van der Waals surface area contributed by atoms with Crippen LogP contribution in [-0.4, -0.2) is 24.0 Å². The van der Waals surface area contributed by atoms with Crippen LogP contribution in [0.25, 0.3) is 0 Å². The maximum atomic E-state index is 9.66. The Kier molecular flexibility index (Phi) is 4.32. The third-order valence-electron chi connectivity index (χ3n) is 2.82. The van der Waals surface area contributed by atoms with Crippen molar-refractivity contribution < 1.29 is 9.52 Å². The van der Waals surface area contributed by atoms with Gasteiger partial charge in [-0.2, -0.15) is 11.8 Å². The van der Waals surface area contributed by atoms with Crippen molar-refractivity contribution >= 4 is 11.8 Å². The van der Waals surface area contributed by atoms with Gasteiger partial charge in [0, 0.05) is 6.54 Å². The first-order valence-electron chi connectivity index (χ1n) is 5.75. The molecule has 0 radical (unpaired) electrons. The van der Waals surface area contributed by atoms with E-state index in [4.69, 9.17) is 4.42 Å². The first-order chi connectivity index (χ1) is 7.79. The number of aliphatic hydroxyl groups excluding tert-OH is 1. The summed E-state index contributed by atoms with van der Waals surface area (Å²) in [5.74, 6) is 3.43. The number of furan rings is 1. The molecular weight excluding hydrogens is 222 g/mol. The molecule has 2 rings (SSSR count). The van der Waals surface area contributed by atoms with Crippen molar-refractivity contribution in [2.24, 2.45) is 5.92 Å². The van der Waals surface area contributed by atoms with E-state index >= 15 is 0 Å². The molecule has 1 aliphatic rings. The zero-order chi connectivity index (χ0) is 11.4. The van der Waals surface area contributed by atoms with E-state index in [2.05, 4.69) is 11.6 Å². The molecule has 90 valence electrons. The van der Waals surface area contributed by atoms with Crippen LogP contribution in [0, 0.1) is 5.92 Å². The molecule has 0 saturated heterocycles. The molecule has 1 aromatic heterocycles. The van der Waals surface area contributed by atoms with E-state index in [1.54, 1.807) is 11.8 Å². The Balaban J connectivity index is 1.67. The smallest absolute Gasteiger partial charge is 0.118 e. The van der Waals surface area contributed by atoms with Gasteiger partial charge in [-0.15, -0.1) is 0 Å². The monoisotopic (exact) mass is 241 g/mol. The summed E-state index contributed by atoms with van der Waals surface area (Å²) in [6.07, 6.45) is 4.25. The van der Waals surface area contributed by atoms with Crippen LogP contribution < -0.4 is 5.32 Å². The largest absolute Gasteiger partial charge is 0.464 e. The fourth-order valence-electron chi connectivity index (χ4n) is 1.73. The van der Waals surface area contributed by atoms with Gasteiger partial charge in [0.1, 0.15) is 11.5 Å². The molecule has 1 aliphatic carbocycles. The van der Waals surface area contributed by atoms with Gasteiger partial charge in [-0.1, -0.05) is 0 Å². The second kappa shape index (κ2) is 5.75. The molecule has 0 aliphatic heterocycles. The summed E-state index contributed by atoms with van der Waals surface area (Å²) < 4.78 is 5.62. The molecule has 0 amide bonds. The zero-order valence-corrected chi connectivity index (χ0v) is 10.4. The lowest BCUT2D eigenvalue weighted by atomic mass is 10.2. The number of aliphatic hydroxyl groups is 1. The van der Waals surface area contributed by atoms with Crippen molar-refractivity contribution in [2.75, 3.05) is 12.8 Å². The second-order valence-electron chi connectivity index (χ2n) is 4.34. The SMILES string of the molecule is CSCc1ccc(CNCC(O)C2CC2)o1. The fraction of sp³-hybridized carbons (Fsp3) is 0.667. The number of hydrogen-bond donors (Lipinski definition) is 2. The lowest BCUT2D eigenvalue weighted by Crippen LogP contribution is -2.27. The Morgan fingerprint density at radius 2 is 2.25 bits per heavy atom. The predicted molar refractivity (Wildman–Crippen MR) is 66.4 cm³/mol. The molecule has 1 aromatic rings. The van der Waals surface area contributed by atoms with Crippen LogP contribution in [0.4, 0.5) is 0 Å². The Labute approximate surface area is 101 Å². The summed E-state index contributed by atoms with van der Waals surface area (Å²) in [5, 5.41) is 12.9. The molecule has 1 saturated carbocycles. The first-order valence-corrected chi connectivity index (χ1v) is 7.14. The van der Waals surface area contributed by atoms with Gasteiger partial charge >= 0.3 is 0 Å². The molecule has 1 unspecified atom stereocenters. The Morgan fingerprint density at radius 1 is 1.50 bits per heavy atom. The first kappa shape index (κ1) is 12.0. The van der Waals surface area contributed by atoms with Crippen LogP contribution in [0.3, 0.4) is 0 Å². The average molecular weight is 241 g/mol. The molecule has 0 bridgehead atoms. The average Bonchev–Trinajstić information content (AvgIpc) is 3.02. The van der Waals surface area contributed by atoms with Gasteiger partial charge in [0.2, 0.25) is 0 Å². The Morgan fingerprint density at radius 3 is 2.94 bits per heavy atom. The van der Waals surface area contributed by atoms with Crippen molar-refractivity contribution in [3.63, 3.8) is 0 Å². The van der Waals surface area contributed by atoms with Crippen molar-refractivity contribution in [3.8, 4) is 0 Å². The van der Waals surface area contributed by atoms with Crippen LogP contribution in [-0.2, 0) is 12.3 Å². The second-order valence-corrected chi connectivity index (χ2v) is 5.20. The molecule has 2 N–H and O–H groups in total. The highest BCUT2D eigenvalue weighted by atomic mass is 32.2. The van der Waals surface area contributed by atoms with Crippen LogP contribution in [0.1, 0.15) is 24.4 Å². The van der Waals surface area contributed by atoms with Gasteiger partial charge in [0.05, 0.1) is 18.4 Å². The minimum absolute atomic E-state index is 0.180. The van der Waals surface area contributed by atoms with Crippen molar-refractivity contribution in [1.29, 1.82) is 0 Å². The maximum Gasteiger partial charge on any atom is 0.118 e. The lowest BCUT2D eigenvalue weighted by Gasteiger charge is -2.09. The van der Waals surface area contributed by atoms with Gasteiger partial charge < -0.3 is 14.8 Å². The third-order valence-corrected chi connectivity index (χ3v) is 3.40. The Bertz CT molecular complexity index is 323. The molecule has 4 heteroatoms. The number of nitrogens with one attached hydrogen (secondary N) is 1. The third kappa shape index (κ3) is 3.54. The highest BCUT2D eigenvalue weighted by Crippen LogP contribution is 2.32. The Hall–Kier alpha value is -0.450. The molecular formula is C12H19NO2S. The van der Waals surface area contributed by atoms with E-state index in [1.807, 2.05) is 12.1 Å². The van der Waals surface area contributed by atoms with Crippen molar-refractivity contribution in [2.45, 2.75) is 31.2 Å². The summed E-state index contributed by atoms with van der Waals surface area (Å²) in [4.78, 5) is 0. The molecule has 1 atom stereocenters. The highest BCUT2D eigenvalue weighted by Gasteiger charge is 2.29. The van der Waals surface area contributed by atoms with Crippen LogP contribution in [0.15, 0.2) is 16.5 Å². The van der Waals surface area contributed by atoms with Gasteiger partial charge in [-0.25, -0.2) is 0 Å².